The fourth-order valence-electron chi connectivity index (χ4n) is 3.38. The van der Waals surface area contributed by atoms with Crippen LogP contribution in [0.2, 0.25) is 5.02 Å². The number of carbonyl (C=O) groups excluding carboxylic acids is 2. The van der Waals surface area contributed by atoms with E-state index in [-0.39, 0.29) is 11.8 Å². The van der Waals surface area contributed by atoms with Gasteiger partial charge >= 0.3 is 0 Å². The molecule has 0 radical (unpaired) electrons. The Bertz CT molecular complexity index is 1530. The average Bonchev–Trinajstić information content (AvgIpc) is 3.44. The van der Waals surface area contributed by atoms with Crippen molar-refractivity contribution in [3.8, 4) is 10.6 Å². The van der Waals surface area contributed by atoms with Gasteiger partial charge in [-0.05, 0) is 36.8 Å². The number of hydrogen-bond donors (Lipinski definition) is 2. The quantitative estimate of drug-likeness (QED) is 0.273. The van der Waals surface area contributed by atoms with E-state index in [1.807, 2.05) is 55.5 Å². The third-order valence-corrected chi connectivity index (χ3v) is 7.58. The van der Waals surface area contributed by atoms with Crippen LogP contribution in [0.4, 0.5) is 10.8 Å². The fourth-order valence-corrected chi connectivity index (χ4v) is 5.64. The molecule has 0 fully saturated rings. The molecule has 0 aliphatic heterocycles. The number of amides is 2. The second-order valence-electron chi connectivity index (χ2n) is 7.51. The normalized spacial score (nSPS) is 10.9. The van der Waals surface area contributed by atoms with E-state index in [0.717, 1.165) is 21.2 Å². The minimum absolute atomic E-state index is 0.321. The molecule has 5 rings (SSSR count). The number of halogens is 1. The van der Waals surface area contributed by atoms with Crippen LogP contribution in [0.5, 0.6) is 0 Å². The van der Waals surface area contributed by atoms with Gasteiger partial charge in [0.1, 0.15) is 9.88 Å². The van der Waals surface area contributed by atoms with E-state index in [1.165, 1.54) is 22.7 Å². The molecule has 0 aliphatic carbocycles. The Kier molecular flexibility index (Phi) is 6.10. The van der Waals surface area contributed by atoms with Crippen molar-refractivity contribution < 1.29 is 9.59 Å². The molecule has 0 unspecified atom stereocenters. The Balaban J connectivity index is 1.31. The molecule has 5 aromatic rings. The van der Waals surface area contributed by atoms with Gasteiger partial charge in [0.05, 0.1) is 5.02 Å². The largest absolute Gasteiger partial charge is 0.321 e. The summed E-state index contributed by atoms with van der Waals surface area (Å²) in [6, 6.07) is 22.2. The summed E-state index contributed by atoms with van der Waals surface area (Å²) >= 11 is 9.09. The SMILES string of the molecule is Cc1ccc2c(Cl)c(C(=O)Nc3cccc(C(=O)Nc4nnc(-c5ccccc5)s4)c3)sc2c1. The van der Waals surface area contributed by atoms with E-state index < -0.39 is 0 Å². The molecule has 34 heavy (non-hydrogen) atoms. The number of fused-ring (bicyclic) bond motifs is 1. The zero-order valence-corrected chi connectivity index (χ0v) is 20.2. The first-order valence-corrected chi connectivity index (χ1v) is 12.3. The molecule has 2 N–H and O–H groups in total. The van der Waals surface area contributed by atoms with Crippen LogP contribution in [0.3, 0.4) is 0 Å². The zero-order chi connectivity index (χ0) is 23.7. The predicted octanol–water partition coefficient (Wildman–Crippen LogP) is 6.89. The van der Waals surface area contributed by atoms with Crippen molar-refractivity contribution in [2.24, 2.45) is 0 Å². The summed E-state index contributed by atoms with van der Waals surface area (Å²) in [7, 11) is 0. The molecule has 2 amide bonds. The highest BCUT2D eigenvalue weighted by Gasteiger charge is 2.18. The number of aromatic nitrogens is 2. The van der Waals surface area contributed by atoms with E-state index >= 15 is 0 Å². The lowest BCUT2D eigenvalue weighted by atomic mass is 10.2. The van der Waals surface area contributed by atoms with Crippen molar-refractivity contribution in [3.05, 3.63) is 93.8 Å². The number of anilines is 2. The maximum Gasteiger partial charge on any atom is 0.267 e. The molecular weight excluding hydrogens is 488 g/mol. The Morgan fingerprint density at radius 3 is 2.50 bits per heavy atom. The van der Waals surface area contributed by atoms with Crippen molar-refractivity contribution in [1.29, 1.82) is 0 Å². The van der Waals surface area contributed by atoms with Gasteiger partial charge in [0.15, 0.2) is 0 Å². The maximum atomic E-state index is 12.9. The lowest BCUT2D eigenvalue weighted by molar-refractivity contribution is 0.101. The average molecular weight is 505 g/mol. The molecule has 6 nitrogen and oxygen atoms in total. The second kappa shape index (κ2) is 9.34. The first-order chi connectivity index (χ1) is 16.5. The first kappa shape index (κ1) is 22.2. The number of thiophene rings is 1. The number of aryl methyl sites for hydroxylation is 1. The van der Waals surface area contributed by atoms with Crippen LogP contribution >= 0.6 is 34.3 Å². The van der Waals surface area contributed by atoms with Crippen LogP contribution in [0.25, 0.3) is 20.7 Å². The van der Waals surface area contributed by atoms with Gasteiger partial charge in [-0.25, -0.2) is 0 Å². The standard InChI is InChI=1S/C25H17ClN4O2S2/c1-14-10-11-18-19(12-14)33-21(20(18)26)23(32)27-17-9-5-8-16(13-17)22(31)28-25-30-29-24(34-25)15-6-3-2-4-7-15/h2-13H,1H3,(H,27,32)(H,28,30,31). The van der Waals surface area contributed by atoms with Crippen molar-refractivity contribution in [2.75, 3.05) is 10.6 Å². The van der Waals surface area contributed by atoms with E-state index in [1.54, 1.807) is 24.3 Å². The van der Waals surface area contributed by atoms with Crippen LogP contribution < -0.4 is 10.6 Å². The van der Waals surface area contributed by atoms with Gasteiger partial charge in [-0.15, -0.1) is 21.5 Å². The summed E-state index contributed by atoms with van der Waals surface area (Å²) in [5.41, 5.74) is 2.90. The molecule has 0 atom stereocenters. The third-order valence-electron chi connectivity index (χ3n) is 5.04. The molecule has 3 aromatic carbocycles. The minimum atomic E-state index is -0.345. The predicted molar refractivity (Wildman–Crippen MR) is 139 cm³/mol. The lowest BCUT2D eigenvalue weighted by Crippen LogP contribution is -2.14. The summed E-state index contributed by atoms with van der Waals surface area (Å²) in [6.07, 6.45) is 0. The van der Waals surface area contributed by atoms with Crippen LogP contribution in [0.15, 0.2) is 72.8 Å². The van der Waals surface area contributed by atoms with Crippen LogP contribution in [-0.2, 0) is 0 Å². The zero-order valence-electron chi connectivity index (χ0n) is 17.8. The smallest absolute Gasteiger partial charge is 0.267 e. The molecule has 0 saturated carbocycles. The summed E-state index contributed by atoms with van der Waals surface area (Å²) in [5, 5.41) is 16.2. The first-order valence-electron chi connectivity index (χ1n) is 10.3. The number of nitrogens with one attached hydrogen (secondary N) is 2. The Hall–Kier alpha value is -3.59. The number of carbonyl (C=O) groups is 2. The fraction of sp³-hybridized carbons (Fsp3) is 0.0400. The van der Waals surface area contributed by atoms with Crippen molar-refractivity contribution >= 4 is 67.0 Å². The molecule has 2 heterocycles. The molecule has 0 spiro atoms. The van der Waals surface area contributed by atoms with E-state index in [9.17, 15) is 9.59 Å². The van der Waals surface area contributed by atoms with Crippen molar-refractivity contribution in [3.63, 3.8) is 0 Å². The molecule has 168 valence electrons. The molecule has 0 bridgehead atoms. The monoisotopic (exact) mass is 504 g/mol. The van der Waals surface area contributed by atoms with Gasteiger partial charge in [0.2, 0.25) is 5.13 Å². The third kappa shape index (κ3) is 4.56. The van der Waals surface area contributed by atoms with Gasteiger partial charge in [-0.1, -0.05) is 71.5 Å². The van der Waals surface area contributed by atoms with E-state index in [0.29, 0.717) is 31.3 Å². The summed E-state index contributed by atoms with van der Waals surface area (Å²) < 4.78 is 0.954. The molecule has 0 aliphatic rings. The van der Waals surface area contributed by atoms with E-state index in [4.69, 9.17) is 11.6 Å². The maximum absolute atomic E-state index is 12.9. The second-order valence-corrected chi connectivity index (χ2v) is 9.92. The highest BCUT2D eigenvalue weighted by Crippen LogP contribution is 2.36. The van der Waals surface area contributed by atoms with Gasteiger partial charge in [0.25, 0.3) is 11.8 Å². The van der Waals surface area contributed by atoms with Gasteiger partial charge in [-0.3, -0.25) is 14.9 Å². The Morgan fingerprint density at radius 1 is 0.853 bits per heavy atom. The van der Waals surface area contributed by atoms with Gasteiger partial charge < -0.3 is 5.32 Å². The lowest BCUT2D eigenvalue weighted by Gasteiger charge is -2.07. The highest BCUT2D eigenvalue weighted by atomic mass is 35.5. The highest BCUT2D eigenvalue weighted by molar-refractivity contribution is 7.21. The summed E-state index contributed by atoms with van der Waals surface area (Å²) in [6.45, 7) is 1.99. The van der Waals surface area contributed by atoms with Crippen LogP contribution in [0.1, 0.15) is 25.6 Å². The number of benzene rings is 3. The number of nitrogens with zero attached hydrogens (tertiary/aromatic N) is 2. The van der Waals surface area contributed by atoms with Crippen LogP contribution in [0, 0.1) is 6.92 Å². The molecule has 0 saturated heterocycles. The molecule has 2 aromatic heterocycles. The molecular formula is C25H17ClN4O2S2. The van der Waals surface area contributed by atoms with Gasteiger partial charge in [0, 0.05) is 26.9 Å². The summed E-state index contributed by atoms with van der Waals surface area (Å²) in [5.74, 6) is -0.666. The van der Waals surface area contributed by atoms with Crippen molar-refractivity contribution in [2.45, 2.75) is 6.92 Å². The van der Waals surface area contributed by atoms with Crippen molar-refractivity contribution in [1.82, 2.24) is 10.2 Å². The Morgan fingerprint density at radius 2 is 1.68 bits per heavy atom. The Labute approximate surface area is 208 Å². The number of hydrogen-bond acceptors (Lipinski definition) is 6. The molecule has 9 heteroatoms. The van der Waals surface area contributed by atoms with Gasteiger partial charge in [-0.2, -0.15) is 0 Å². The topological polar surface area (TPSA) is 84.0 Å². The van der Waals surface area contributed by atoms with Crippen LogP contribution in [-0.4, -0.2) is 22.0 Å². The minimum Gasteiger partial charge on any atom is -0.321 e. The van der Waals surface area contributed by atoms with E-state index in [2.05, 4.69) is 20.8 Å². The number of rotatable bonds is 5. The summed E-state index contributed by atoms with van der Waals surface area (Å²) in [4.78, 5) is 26.1.